The predicted molar refractivity (Wildman–Crippen MR) is 74.3 cm³/mol. The van der Waals surface area contributed by atoms with Crippen molar-refractivity contribution in [1.82, 2.24) is 4.98 Å². The molecule has 0 atom stereocenters. The lowest BCUT2D eigenvalue weighted by Gasteiger charge is -2.11. The van der Waals surface area contributed by atoms with Crippen LogP contribution in [0, 0.1) is 11.3 Å². The molecule has 0 spiro atoms. The van der Waals surface area contributed by atoms with Gasteiger partial charge in [0.25, 0.3) is 5.91 Å². The number of anilines is 2. The Hall–Kier alpha value is -3.07. The number of benzene rings is 1. The molecule has 0 bridgehead atoms. The molecule has 6 nitrogen and oxygen atoms in total. The average molecular weight is 268 g/mol. The second kappa shape index (κ2) is 5.71. The zero-order chi connectivity index (χ0) is 14.5. The molecule has 0 fully saturated rings. The van der Waals surface area contributed by atoms with Gasteiger partial charge in [-0.15, -0.1) is 0 Å². The van der Waals surface area contributed by atoms with E-state index in [2.05, 4.69) is 10.3 Å². The van der Waals surface area contributed by atoms with Gasteiger partial charge in [0, 0.05) is 11.8 Å². The molecule has 0 aliphatic rings. The average Bonchev–Trinajstić information content (AvgIpc) is 2.47. The Labute approximate surface area is 115 Å². The largest absolute Gasteiger partial charge is 0.495 e. The summed E-state index contributed by atoms with van der Waals surface area (Å²) in [4.78, 5) is 16.0. The number of aromatic nitrogens is 1. The van der Waals surface area contributed by atoms with Crippen LogP contribution in [0.2, 0.25) is 0 Å². The van der Waals surface area contributed by atoms with Crippen LogP contribution in [0.3, 0.4) is 0 Å². The Morgan fingerprint density at radius 3 is 2.90 bits per heavy atom. The van der Waals surface area contributed by atoms with Crippen LogP contribution in [-0.4, -0.2) is 18.0 Å². The van der Waals surface area contributed by atoms with Gasteiger partial charge in [0.05, 0.1) is 12.7 Å². The van der Waals surface area contributed by atoms with Crippen molar-refractivity contribution in [2.75, 3.05) is 18.2 Å². The van der Waals surface area contributed by atoms with E-state index in [9.17, 15) is 4.79 Å². The maximum absolute atomic E-state index is 12.1. The molecule has 0 aliphatic heterocycles. The third-order valence-electron chi connectivity index (χ3n) is 2.65. The minimum atomic E-state index is -0.389. The number of ether oxygens (including phenoxy) is 1. The van der Waals surface area contributed by atoms with Crippen molar-refractivity contribution >= 4 is 17.4 Å². The lowest BCUT2D eigenvalue weighted by molar-refractivity contribution is 0.102. The molecule has 1 aromatic heterocycles. The Kier molecular flexibility index (Phi) is 3.82. The summed E-state index contributed by atoms with van der Waals surface area (Å²) in [6.45, 7) is 0. The summed E-state index contributed by atoms with van der Waals surface area (Å²) in [6, 6.07) is 9.94. The van der Waals surface area contributed by atoms with Gasteiger partial charge in [-0.3, -0.25) is 4.79 Å². The molecule has 0 saturated heterocycles. The normalized spacial score (nSPS) is 9.60. The Bertz CT molecular complexity index is 692. The highest BCUT2D eigenvalue weighted by Crippen LogP contribution is 2.28. The second-order valence-electron chi connectivity index (χ2n) is 3.92. The summed E-state index contributed by atoms with van der Waals surface area (Å²) in [5.74, 6) is 0.276. The monoisotopic (exact) mass is 268 g/mol. The first kappa shape index (κ1) is 13.4. The van der Waals surface area contributed by atoms with Crippen molar-refractivity contribution in [2.45, 2.75) is 0 Å². The standard InChI is InChI=1S/C14H12N4O2/c1-20-11-4-2-3-10(8-15)13(11)18-14(19)9-5-6-17-12(16)7-9/h2-7H,1H3,(H2,16,17)(H,18,19). The van der Waals surface area contributed by atoms with Crippen molar-refractivity contribution in [3.63, 3.8) is 0 Å². The molecule has 2 rings (SSSR count). The summed E-state index contributed by atoms with van der Waals surface area (Å²) in [7, 11) is 1.47. The van der Waals surface area contributed by atoms with Crippen molar-refractivity contribution in [3.8, 4) is 11.8 Å². The number of nitrogens with zero attached hydrogens (tertiary/aromatic N) is 2. The molecule has 0 saturated carbocycles. The van der Waals surface area contributed by atoms with Gasteiger partial charge < -0.3 is 15.8 Å². The van der Waals surface area contributed by atoms with Crippen LogP contribution in [-0.2, 0) is 0 Å². The predicted octanol–water partition coefficient (Wildman–Crippen LogP) is 1.80. The van der Waals surface area contributed by atoms with Crippen molar-refractivity contribution in [3.05, 3.63) is 47.7 Å². The fourth-order valence-electron chi connectivity index (χ4n) is 1.70. The first-order chi connectivity index (χ1) is 9.65. The van der Waals surface area contributed by atoms with E-state index in [1.54, 1.807) is 18.2 Å². The molecule has 6 heteroatoms. The van der Waals surface area contributed by atoms with E-state index in [1.165, 1.54) is 25.4 Å². The van der Waals surface area contributed by atoms with Gasteiger partial charge in [-0.1, -0.05) is 6.07 Å². The second-order valence-corrected chi connectivity index (χ2v) is 3.92. The van der Waals surface area contributed by atoms with E-state index in [-0.39, 0.29) is 11.7 Å². The zero-order valence-corrected chi connectivity index (χ0v) is 10.8. The number of nitrogen functional groups attached to an aromatic ring is 1. The van der Waals surface area contributed by atoms with Gasteiger partial charge in [-0.2, -0.15) is 5.26 Å². The number of carbonyl (C=O) groups excluding carboxylic acids is 1. The fraction of sp³-hybridized carbons (Fsp3) is 0.0714. The molecule has 1 aromatic carbocycles. The number of amides is 1. The molecule has 100 valence electrons. The van der Waals surface area contributed by atoms with E-state index in [4.69, 9.17) is 15.7 Å². The molecule has 20 heavy (non-hydrogen) atoms. The van der Waals surface area contributed by atoms with E-state index in [0.717, 1.165) is 0 Å². The quantitative estimate of drug-likeness (QED) is 0.883. The molecule has 0 radical (unpaired) electrons. The number of carbonyl (C=O) groups is 1. The highest BCUT2D eigenvalue weighted by Gasteiger charge is 2.13. The van der Waals surface area contributed by atoms with Crippen LogP contribution in [0.4, 0.5) is 11.5 Å². The summed E-state index contributed by atoms with van der Waals surface area (Å²) in [5.41, 5.74) is 6.54. The molecule has 0 aliphatic carbocycles. The third kappa shape index (κ3) is 2.67. The number of hydrogen-bond acceptors (Lipinski definition) is 5. The lowest BCUT2D eigenvalue weighted by atomic mass is 10.1. The maximum Gasteiger partial charge on any atom is 0.255 e. The number of nitriles is 1. The van der Waals surface area contributed by atoms with Crippen LogP contribution in [0.5, 0.6) is 5.75 Å². The SMILES string of the molecule is COc1cccc(C#N)c1NC(=O)c1ccnc(N)c1. The Morgan fingerprint density at radius 1 is 1.45 bits per heavy atom. The first-order valence-electron chi connectivity index (χ1n) is 5.75. The molecule has 2 aromatic rings. The van der Waals surface area contributed by atoms with Crippen LogP contribution in [0.1, 0.15) is 15.9 Å². The summed E-state index contributed by atoms with van der Waals surface area (Å²) < 4.78 is 5.15. The van der Waals surface area contributed by atoms with Crippen LogP contribution >= 0.6 is 0 Å². The summed E-state index contributed by atoms with van der Waals surface area (Å²) >= 11 is 0. The highest BCUT2D eigenvalue weighted by atomic mass is 16.5. The van der Waals surface area contributed by atoms with E-state index < -0.39 is 0 Å². The van der Waals surface area contributed by atoms with Crippen molar-refractivity contribution < 1.29 is 9.53 Å². The molecule has 1 amide bonds. The third-order valence-corrected chi connectivity index (χ3v) is 2.65. The minimum absolute atomic E-state index is 0.248. The van der Waals surface area contributed by atoms with E-state index in [0.29, 0.717) is 22.6 Å². The molecular formula is C14H12N4O2. The van der Waals surface area contributed by atoms with Crippen molar-refractivity contribution in [2.24, 2.45) is 0 Å². The van der Waals surface area contributed by atoms with Gasteiger partial charge in [0.15, 0.2) is 0 Å². The number of nitrogens with two attached hydrogens (primary N) is 1. The van der Waals surface area contributed by atoms with E-state index in [1.807, 2.05) is 6.07 Å². The Morgan fingerprint density at radius 2 is 2.25 bits per heavy atom. The number of nitrogens with one attached hydrogen (secondary N) is 1. The lowest BCUT2D eigenvalue weighted by Crippen LogP contribution is -2.14. The topological polar surface area (TPSA) is 101 Å². The maximum atomic E-state index is 12.1. The van der Waals surface area contributed by atoms with Gasteiger partial charge in [0.2, 0.25) is 0 Å². The first-order valence-corrected chi connectivity index (χ1v) is 5.75. The fourth-order valence-corrected chi connectivity index (χ4v) is 1.70. The van der Waals surface area contributed by atoms with Crippen LogP contribution in [0.15, 0.2) is 36.5 Å². The van der Waals surface area contributed by atoms with Gasteiger partial charge in [0.1, 0.15) is 23.3 Å². The number of methoxy groups -OCH3 is 1. The molecule has 3 N–H and O–H groups in total. The van der Waals surface area contributed by atoms with E-state index >= 15 is 0 Å². The zero-order valence-electron chi connectivity index (χ0n) is 10.8. The van der Waals surface area contributed by atoms with Gasteiger partial charge in [-0.25, -0.2) is 4.98 Å². The summed E-state index contributed by atoms with van der Waals surface area (Å²) in [6.07, 6.45) is 1.44. The van der Waals surface area contributed by atoms with Crippen LogP contribution < -0.4 is 15.8 Å². The smallest absolute Gasteiger partial charge is 0.255 e. The van der Waals surface area contributed by atoms with Crippen LogP contribution in [0.25, 0.3) is 0 Å². The van der Waals surface area contributed by atoms with Crippen molar-refractivity contribution in [1.29, 1.82) is 5.26 Å². The summed E-state index contributed by atoms with van der Waals surface area (Å²) in [5, 5.41) is 11.7. The number of para-hydroxylation sites is 1. The number of pyridine rings is 1. The molecule has 0 unspecified atom stereocenters. The minimum Gasteiger partial charge on any atom is -0.495 e. The number of hydrogen-bond donors (Lipinski definition) is 2. The molecular weight excluding hydrogens is 256 g/mol. The van der Waals surface area contributed by atoms with Gasteiger partial charge in [-0.05, 0) is 24.3 Å². The van der Waals surface area contributed by atoms with Gasteiger partial charge >= 0.3 is 0 Å². The number of rotatable bonds is 3. The molecule has 1 heterocycles. The Balaban J connectivity index is 2.35. The highest BCUT2D eigenvalue weighted by molar-refractivity contribution is 6.06.